The van der Waals surface area contributed by atoms with Crippen molar-refractivity contribution in [3.05, 3.63) is 17.2 Å². The maximum absolute atomic E-state index is 10.8. The predicted molar refractivity (Wildman–Crippen MR) is 86.8 cm³/mol. The summed E-state index contributed by atoms with van der Waals surface area (Å²) in [5, 5.41) is 10.8. The smallest absolute Gasteiger partial charge is 0.128 e. The second kappa shape index (κ2) is 5.39. The number of rotatable bonds is 2. The van der Waals surface area contributed by atoms with Crippen molar-refractivity contribution in [3.8, 4) is 5.75 Å². The van der Waals surface area contributed by atoms with Crippen molar-refractivity contribution in [2.75, 3.05) is 50.3 Å². The summed E-state index contributed by atoms with van der Waals surface area (Å²) in [7, 11) is 4.21. The SMILES string of the molecule is CCN1CN(C)Cc2c1cc1c(c2O)CN(C)CN1CC. The Bertz CT molecular complexity index is 501. The first-order chi connectivity index (χ1) is 10.0. The third-order valence-corrected chi connectivity index (χ3v) is 4.59. The number of fused-ring (bicyclic) bond motifs is 2. The lowest BCUT2D eigenvalue weighted by Gasteiger charge is -2.41. The Morgan fingerprint density at radius 1 is 0.905 bits per heavy atom. The quantitative estimate of drug-likeness (QED) is 0.899. The Morgan fingerprint density at radius 3 is 1.71 bits per heavy atom. The van der Waals surface area contributed by atoms with Gasteiger partial charge in [-0.2, -0.15) is 0 Å². The molecule has 21 heavy (non-hydrogen) atoms. The molecule has 0 aliphatic carbocycles. The first-order valence-electron chi connectivity index (χ1n) is 7.79. The number of hydrogen-bond acceptors (Lipinski definition) is 5. The molecule has 0 radical (unpaired) electrons. The van der Waals surface area contributed by atoms with E-state index in [1.807, 2.05) is 0 Å². The van der Waals surface area contributed by atoms with E-state index in [4.69, 9.17) is 0 Å². The molecular weight excluding hydrogens is 264 g/mol. The number of nitrogens with zero attached hydrogens (tertiary/aromatic N) is 4. The van der Waals surface area contributed by atoms with Gasteiger partial charge in [-0.15, -0.1) is 0 Å². The number of anilines is 2. The minimum atomic E-state index is 0.498. The second-order valence-electron chi connectivity index (χ2n) is 6.24. The molecule has 2 heterocycles. The molecule has 0 amide bonds. The van der Waals surface area contributed by atoms with Crippen LogP contribution >= 0.6 is 0 Å². The molecule has 0 fully saturated rings. The summed E-state index contributed by atoms with van der Waals surface area (Å²) in [6, 6.07) is 2.29. The van der Waals surface area contributed by atoms with Crippen LogP contribution in [0.4, 0.5) is 11.4 Å². The molecule has 0 aromatic heterocycles. The number of aromatic hydroxyl groups is 1. The Morgan fingerprint density at radius 2 is 1.33 bits per heavy atom. The second-order valence-corrected chi connectivity index (χ2v) is 6.24. The Hall–Kier alpha value is -1.46. The van der Waals surface area contributed by atoms with Crippen LogP contribution in [0, 0.1) is 0 Å². The van der Waals surface area contributed by atoms with Crippen LogP contribution in [-0.2, 0) is 13.1 Å². The fraction of sp³-hybridized carbons (Fsp3) is 0.625. The van der Waals surface area contributed by atoms with Gasteiger partial charge in [-0.1, -0.05) is 0 Å². The van der Waals surface area contributed by atoms with Crippen molar-refractivity contribution in [2.45, 2.75) is 26.9 Å². The fourth-order valence-electron chi connectivity index (χ4n) is 3.52. The van der Waals surface area contributed by atoms with Crippen molar-refractivity contribution in [1.29, 1.82) is 0 Å². The van der Waals surface area contributed by atoms with E-state index < -0.39 is 0 Å². The first-order valence-corrected chi connectivity index (χ1v) is 7.79. The van der Waals surface area contributed by atoms with E-state index in [2.05, 4.69) is 53.6 Å². The molecule has 0 unspecified atom stereocenters. The zero-order valence-electron chi connectivity index (χ0n) is 13.6. The van der Waals surface area contributed by atoms with E-state index >= 15 is 0 Å². The molecular formula is C16H26N4O. The first kappa shape index (κ1) is 14.5. The molecule has 1 N–H and O–H groups in total. The van der Waals surface area contributed by atoms with Crippen LogP contribution in [0.2, 0.25) is 0 Å². The fourth-order valence-corrected chi connectivity index (χ4v) is 3.52. The van der Waals surface area contributed by atoms with Crippen LogP contribution in [0.25, 0.3) is 0 Å². The Labute approximate surface area is 127 Å². The Kier molecular flexibility index (Phi) is 3.71. The average molecular weight is 290 g/mol. The summed E-state index contributed by atoms with van der Waals surface area (Å²) in [6.45, 7) is 9.75. The van der Waals surface area contributed by atoms with E-state index in [-0.39, 0.29) is 0 Å². The van der Waals surface area contributed by atoms with Gasteiger partial charge in [0.1, 0.15) is 5.75 Å². The largest absolute Gasteiger partial charge is 0.507 e. The molecule has 116 valence electrons. The Balaban J connectivity index is 2.15. The molecule has 0 spiro atoms. The van der Waals surface area contributed by atoms with Crippen LogP contribution in [0.5, 0.6) is 5.75 Å². The lowest BCUT2D eigenvalue weighted by atomic mass is 9.99. The molecule has 2 aliphatic rings. The van der Waals surface area contributed by atoms with Gasteiger partial charge in [0.15, 0.2) is 0 Å². The molecule has 0 bridgehead atoms. The summed E-state index contributed by atoms with van der Waals surface area (Å²) in [6.07, 6.45) is 0. The lowest BCUT2D eigenvalue weighted by molar-refractivity contribution is 0.289. The van der Waals surface area contributed by atoms with Gasteiger partial charge < -0.3 is 14.9 Å². The summed E-state index contributed by atoms with van der Waals surface area (Å²) >= 11 is 0. The van der Waals surface area contributed by atoms with Crippen molar-refractivity contribution >= 4 is 11.4 Å². The van der Waals surface area contributed by atoms with Crippen LogP contribution in [0.15, 0.2) is 6.07 Å². The molecule has 1 aromatic rings. The zero-order valence-corrected chi connectivity index (χ0v) is 13.6. The number of phenolic OH excluding ortho intramolecular Hbond substituents is 1. The minimum Gasteiger partial charge on any atom is -0.507 e. The third-order valence-electron chi connectivity index (χ3n) is 4.59. The van der Waals surface area contributed by atoms with E-state index in [9.17, 15) is 5.11 Å². The van der Waals surface area contributed by atoms with E-state index in [0.29, 0.717) is 5.75 Å². The van der Waals surface area contributed by atoms with Gasteiger partial charge in [0.05, 0.1) is 13.3 Å². The van der Waals surface area contributed by atoms with E-state index in [0.717, 1.165) is 50.6 Å². The zero-order chi connectivity index (χ0) is 15.1. The number of benzene rings is 1. The maximum atomic E-state index is 10.8. The summed E-state index contributed by atoms with van der Waals surface area (Å²) in [5.74, 6) is 0.498. The highest BCUT2D eigenvalue weighted by Gasteiger charge is 2.29. The predicted octanol–water partition coefficient (Wildman–Crippen LogP) is 1.85. The van der Waals surface area contributed by atoms with Crippen LogP contribution in [0.3, 0.4) is 0 Å². The van der Waals surface area contributed by atoms with Crippen LogP contribution < -0.4 is 9.80 Å². The molecule has 0 saturated carbocycles. The monoisotopic (exact) mass is 290 g/mol. The van der Waals surface area contributed by atoms with Crippen molar-refractivity contribution in [1.82, 2.24) is 9.80 Å². The minimum absolute atomic E-state index is 0.498. The molecule has 1 aromatic carbocycles. The highest BCUT2D eigenvalue weighted by Crippen LogP contribution is 2.43. The van der Waals surface area contributed by atoms with Gasteiger partial charge in [0.2, 0.25) is 0 Å². The van der Waals surface area contributed by atoms with Crippen molar-refractivity contribution in [3.63, 3.8) is 0 Å². The lowest BCUT2D eigenvalue weighted by Crippen LogP contribution is -2.43. The summed E-state index contributed by atoms with van der Waals surface area (Å²) in [4.78, 5) is 9.18. The molecule has 0 saturated heterocycles. The molecule has 5 heteroatoms. The standard InChI is InChI=1S/C16H26N4O/c1-5-19-10-17(3)8-12-14(19)7-15-13(16(12)21)9-18(4)11-20(15)6-2/h7,21H,5-6,8-11H2,1-4H3. The molecule has 2 aliphatic heterocycles. The van der Waals surface area contributed by atoms with Gasteiger partial charge in [-0.3, -0.25) is 9.80 Å². The highest BCUT2D eigenvalue weighted by atomic mass is 16.3. The van der Waals surface area contributed by atoms with Crippen LogP contribution in [-0.4, -0.2) is 55.4 Å². The summed E-state index contributed by atoms with van der Waals surface area (Å²) < 4.78 is 0. The highest BCUT2D eigenvalue weighted by molar-refractivity contribution is 5.74. The maximum Gasteiger partial charge on any atom is 0.128 e. The van der Waals surface area contributed by atoms with Gasteiger partial charge in [0, 0.05) is 48.7 Å². The normalized spacial score (nSPS) is 19.6. The average Bonchev–Trinajstić information content (AvgIpc) is 2.47. The molecule has 0 atom stereocenters. The molecule has 3 rings (SSSR count). The van der Waals surface area contributed by atoms with Gasteiger partial charge >= 0.3 is 0 Å². The number of phenols is 1. The van der Waals surface area contributed by atoms with Gasteiger partial charge in [0.25, 0.3) is 0 Å². The van der Waals surface area contributed by atoms with Crippen molar-refractivity contribution < 1.29 is 5.11 Å². The number of hydrogen-bond donors (Lipinski definition) is 1. The van der Waals surface area contributed by atoms with Gasteiger partial charge in [-0.25, -0.2) is 0 Å². The summed E-state index contributed by atoms with van der Waals surface area (Å²) in [5.41, 5.74) is 4.57. The third kappa shape index (κ3) is 2.34. The van der Waals surface area contributed by atoms with E-state index in [1.54, 1.807) is 0 Å². The topological polar surface area (TPSA) is 33.2 Å². The van der Waals surface area contributed by atoms with Crippen LogP contribution in [0.1, 0.15) is 25.0 Å². The molecule has 5 nitrogen and oxygen atoms in total. The van der Waals surface area contributed by atoms with Gasteiger partial charge in [-0.05, 0) is 34.0 Å². The van der Waals surface area contributed by atoms with E-state index in [1.165, 1.54) is 11.4 Å². The van der Waals surface area contributed by atoms with Crippen molar-refractivity contribution in [2.24, 2.45) is 0 Å².